The molecule has 0 spiro atoms. The first-order valence-corrected chi connectivity index (χ1v) is 8.61. The normalized spacial score (nSPS) is 10.9. The molecule has 25 heavy (non-hydrogen) atoms. The highest BCUT2D eigenvalue weighted by Crippen LogP contribution is 2.27. The van der Waals surface area contributed by atoms with E-state index in [4.69, 9.17) is 4.74 Å². The van der Waals surface area contributed by atoms with Gasteiger partial charge in [0.05, 0.1) is 24.2 Å². The summed E-state index contributed by atoms with van der Waals surface area (Å²) in [6, 6.07) is 15.8. The van der Waals surface area contributed by atoms with Crippen molar-refractivity contribution in [2.24, 2.45) is 0 Å². The number of rotatable bonds is 4. The maximum absolute atomic E-state index is 11.6. The average Bonchev–Trinajstić information content (AvgIpc) is 3.31. The topological polar surface area (TPSA) is 57.0 Å². The Morgan fingerprint density at radius 2 is 2.04 bits per heavy atom. The fourth-order valence-corrected chi connectivity index (χ4v) is 3.62. The molecule has 3 heterocycles. The summed E-state index contributed by atoms with van der Waals surface area (Å²) >= 11 is 1.37. The van der Waals surface area contributed by atoms with Crippen LogP contribution in [-0.2, 0) is 11.3 Å². The van der Waals surface area contributed by atoms with Gasteiger partial charge in [-0.25, -0.2) is 4.79 Å². The first-order valence-electron chi connectivity index (χ1n) is 7.79. The number of pyridine rings is 1. The molecule has 5 nitrogen and oxygen atoms in total. The fraction of sp³-hybridized carbons (Fsp3) is 0.105. The van der Waals surface area contributed by atoms with E-state index in [0.29, 0.717) is 11.4 Å². The van der Waals surface area contributed by atoms with Gasteiger partial charge in [-0.15, -0.1) is 11.3 Å². The van der Waals surface area contributed by atoms with Crippen molar-refractivity contribution < 1.29 is 9.53 Å². The summed E-state index contributed by atoms with van der Waals surface area (Å²) in [4.78, 5) is 17.6. The van der Waals surface area contributed by atoms with Crippen LogP contribution in [0.2, 0.25) is 0 Å². The van der Waals surface area contributed by atoms with E-state index in [1.165, 1.54) is 23.8 Å². The Hall–Kier alpha value is -2.99. The molecule has 0 fully saturated rings. The molecule has 124 valence electrons. The summed E-state index contributed by atoms with van der Waals surface area (Å²) in [5, 5.41) is 6.91. The minimum Gasteiger partial charge on any atom is -0.465 e. The van der Waals surface area contributed by atoms with E-state index < -0.39 is 0 Å². The second-order valence-corrected chi connectivity index (χ2v) is 6.62. The van der Waals surface area contributed by atoms with Gasteiger partial charge in [-0.2, -0.15) is 5.10 Å². The summed E-state index contributed by atoms with van der Waals surface area (Å²) in [6.07, 6.45) is 3.75. The molecule has 0 radical (unpaired) electrons. The van der Waals surface area contributed by atoms with E-state index in [-0.39, 0.29) is 5.97 Å². The molecule has 3 aromatic heterocycles. The van der Waals surface area contributed by atoms with Crippen LogP contribution in [0.4, 0.5) is 0 Å². The molecule has 0 aliphatic rings. The highest BCUT2D eigenvalue weighted by atomic mass is 32.1. The molecule has 4 rings (SSSR count). The van der Waals surface area contributed by atoms with Gasteiger partial charge in [-0.3, -0.25) is 9.67 Å². The maximum atomic E-state index is 11.6. The Morgan fingerprint density at radius 3 is 2.92 bits per heavy atom. The predicted molar refractivity (Wildman–Crippen MR) is 97.7 cm³/mol. The number of aromatic nitrogens is 3. The third kappa shape index (κ3) is 3.04. The van der Waals surface area contributed by atoms with Gasteiger partial charge in [0.1, 0.15) is 10.6 Å². The largest absolute Gasteiger partial charge is 0.465 e. The van der Waals surface area contributed by atoms with E-state index in [2.05, 4.69) is 22.2 Å². The van der Waals surface area contributed by atoms with Crippen LogP contribution in [0.15, 0.2) is 60.9 Å². The van der Waals surface area contributed by atoms with Gasteiger partial charge >= 0.3 is 5.97 Å². The quantitative estimate of drug-likeness (QED) is 0.523. The summed E-state index contributed by atoms with van der Waals surface area (Å²) in [5.74, 6) is -0.323. The standard InChI is InChI=1S/C19H15N3O2S/c1-24-19(23)18-7-6-17(25-18)15-9-11-22(21-15)12-16-14-5-3-2-4-13(14)8-10-20-16/h2-11H,12H2,1H3. The van der Waals surface area contributed by atoms with Crippen molar-refractivity contribution in [3.8, 4) is 10.6 Å². The lowest BCUT2D eigenvalue weighted by Gasteiger charge is -2.05. The van der Waals surface area contributed by atoms with Gasteiger partial charge in [0.15, 0.2) is 0 Å². The average molecular weight is 349 g/mol. The zero-order valence-electron chi connectivity index (χ0n) is 13.5. The molecule has 0 unspecified atom stereocenters. The Morgan fingerprint density at radius 1 is 1.16 bits per heavy atom. The number of thiophene rings is 1. The molecule has 0 bridgehead atoms. The molecular weight excluding hydrogens is 334 g/mol. The monoisotopic (exact) mass is 349 g/mol. The van der Waals surface area contributed by atoms with Crippen LogP contribution in [-0.4, -0.2) is 27.8 Å². The van der Waals surface area contributed by atoms with E-state index in [1.54, 1.807) is 6.07 Å². The number of benzene rings is 1. The number of carbonyl (C=O) groups excluding carboxylic acids is 1. The van der Waals surface area contributed by atoms with Crippen molar-refractivity contribution in [2.45, 2.75) is 6.54 Å². The van der Waals surface area contributed by atoms with Crippen molar-refractivity contribution >= 4 is 28.1 Å². The molecule has 0 aliphatic carbocycles. The number of ether oxygens (including phenoxy) is 1. The van der Waals surface area contributed by atoms with Crippen LogP contribution >= 0.6 is 11.3 Å². The zero-order valence-corrected chi connectivity index (χ0v) is 14.4. The molecule has 0 saturated carbocycles. The van der Waals surface area contributed by atoms with Gasteiger partial charge in [0, 0.05) is 17.8 Å². The van der Waals surface area contributed by atoms with Crippen LogP contribution in [0.25, 0.3) is 21.3 Å². The third-order valence-electron chi connectivity index (χ3n) is 3.95. The molecule has 1 aromatic carbocycles. The molecule has 4 aromatic rings. The van der Waals surface area contributed by atoms with E-state index in [0.717, 1.165) is 21.7 Å². The molecule has 0 N–H and O–H groups in total. The number of nitrogens with zero attached hydrogens (tertiary/aromatic N) is 3. The van der Waals surface area contributed by atoms with Crippen molar-refractivity contribution in [3.63, 3.8) is 0 Å². The number of hydrogen-bond donors (Lipinski definition) is 0. The van der Waals surface area contributed by atoms with E-state index in [1.807, 2.05) is 47.4 Å². The van der Waals surface area contributed by atoms with Crippen LogP contribution < -0.4 is 0 Å². The van der Waals surface area contributed by atoms with E-state index in [9.17, 15) is 4.79 Å². The lowest BCUT2D eigenvalue weighted by Crippen LogP contribution is -2.03. The number of carbonyl (C=O) groups is 1. The smallest absolute Gasteiger partial charge is 0.348 e. The van der Waals surface area contributed by atoms with Gasteiger partial charge in [-0.05, 0) is 29.7 Å². The Kier molecular flexibility index (Phi) is 4.03. The second-order valence-electron chi connectivity index (χ2n) is 5.53. The highest BCUT2D eigenvalue weighted by Gasteiger charge is 2.12. The Bertz CT molecular complexity index is 1050. The first kappa shape index (κ1) is 15.5. The van der Waals surface area contributed by atoms with Crippen LogP contribution in [0, 0.1) is 0 Å². The highest BCUT2D eigenvalue weighted by molar-refractivity contribution is 7.17. The summed E-state index contributed by atoms with van der Waals surface area (Å²) in [5.41, 5.74) is 1.81. The zero-order chi connectivity index (χ0) is 17.2. The maximum Gasteiger partial charge on any atom is 0.348 e. The van der Waals surface area contributed by atoms with Crippen molar-refractivity contribution in [1.29, 1.82) is 0 Å². The first-order chi connectivity index (χ1) is 12.2. The van der Waals surface area contributed by atoms with Crippen LogP contribution in [0.5, 0.6) is 0 Å². The molecular formula is C19H15N3O2S. The van der Waals surface area contributed by atoms with Crippen molar-refractivity contribution in [2.75, 3.05) is 7.11 Å². The molecule has 0 atom stereocenters. The van der Waals surface area contributed by atoms with Crippen LogP contribution in [0.1, 0.15) is 15.4 Å². The summed E-state index contributed by atoms with van der Waals surface area (Å²) < 4.78 is 6.61. The Labute approximate surface area is 148 Å². The van der Waals surface area contributed by atoms with Gasteiger partial charge < -0.3 is 4.74 Å². The number of esters is 1. The number of methoxy groups -OCH3 is 1. The van der Waals surface area contributed by atoms with Crippen LogP contribution in [0.3, 0.4) is 0 Å². The molecule has 0 aliphatic heterocycles. The third-order valence-corrected chi connectivity index (χ3v) is 5.04. The lowest BCUT2D eigenvalue weighted by atomic mass is 10.1. The number of hydrogen-bond acceptors (Lipinski definition) is 5. The SMILES string of the molecule is COC(=O)c1ccc(-c2ccn(Cc3nccc4ccccc34)n2)s1. The number of fused-ring (bicyclic) bond motifs is 1. The van der Waals surface area contributed by atoms with Gasteiger partial charge in [-0.1, -0.05) is 24.3 Å². The van der Waals surface area contributed by atoms with Crippen molar-refractivity contribution in [3.05, 3.63) is 71.5 Å². The molecule has 0 saturated heterocycles. The minimum absolute atomic E-state index is 0.323. The second kappa shape index (κ2) is 6.49. The predicted octanol–water partition coefficient (Wildman–Crippen LogP) is 3.99. The molecule has 0 amide bonds. The Balaban J connectivity index is 1.61. The van der Waals surface area contributed by atoms with Gasteiger partial charge in [0.25, 0.3) is 0 Å². The molecule has 6 heteroatoms. The summed E-state index contributed by atoms with van der Waals surface area (Å²) in [7, 11) is 1.38. The lowest BCUT2D eigenvalue weighted by molar-refractivity contribution is 0.0606. The summed E-state index contributed by atoms with van der Waals surface area (Å²) in [6.45, 7) is 0.594. The van der Waals surface area contributed by atoms with E-state index >= 15 is 0 Å². The van der Waals surface area contributed by atoms with Gasteiger partial charge in [0.2, 0.25) is 0 Å². The fourth-order valence-electron chi connectivity index (χ4n) is 2.73. The van der Waals surface area contributed by atoms with Crippen molar-refractivity contribution in [1.82, 2.24) is 14.8 Å². The minimum atomic E-state index is -0.323.